The molecule has 0 spiro atoms. The molecule has 2 aromatic carbocycles. The number of benzene rings is 2. The van der Waals surface area contributed by atoms with Crippen LogP contribution >= 0.6 is 22.6 Å². The van der Waals surface area contributed by atoms with Crippen LogP contribution in [-0.2, 0) is 4.79 Å². The lowest BCUT2D eigenvalue weighted by Crippen LogP contribution is -2.10. The van der Waals surface area contributed by atoms with Crippen LogP contribution in [0, 0.1) is 11.8 Å². The van der Waals surface area contributed by atoms with E-state index in [1.807, 2.05) is 54.6 Å². The second kappa shape index (κ2) is 13.0. The van der Waals surface area contributed by atoms with Crippen molar-refractivity contribution in [1.82, 2.24) is 0 Å². The van der Waals surface area contributed by atoms with Gasteiger partial charge in [0, 0.05) is 17.7 Å². The Morgan fingerprint density at radius 1 is 0.839 bits per heavy atom. The van der Waals surface area contributed by atoms with Crippen LogP contribution in [0.2, 0.25) is 0 Å². The maximum absolute atomic E-state index is 11.9. The predicted molar refractivity (Wildman–Crippen MR) is 128 cm³/mol. The molecule has 2 aromatic rings. The number of esters is 1. The molecule has 0 aliphatic carbocycles. The Hall–Kier alpha value is -2.60. The lowest BCUT2D eigenvalue weighted by Gasteiger charge is -2.13. The molecule has 0 amide bonds. The summed E-state index contributed by atoms with van der Waals surface area (Å²) in [5.41, 5.74) is 1.25. The Bertz CT molecular complexity index is 945. The van der Waals surface area contributed by atoms with E-state index in [1.165, 1.54) is 0 Å². The van der Waals surface area contributed by atoms with Crippen molar-refractivity contribution in [3.8, 4) is 40.6 Å². The van der Waals surface area contributed by atoms with Crippen LogP contribution in [0.25, 0.3) is 0 Å². The summed E-state index contributed by atoms with van der Waals surface area (Å²) in [6.45, 7) is 5.18. The molecular formula is C24H27IO6. The fourth-order valence-corrected chi connectivity index (χ4v) is 2.73. The van der Waals surface area contributed by atoms with Crippen LogP contribution in [0.4, 0.5) is 0 Å². The normalized spacial score (nSPS) is 9.97. The molecule has 0 heterocycles. The highest BCUT2D eigenvalue weighted by molar-refractivity contribution is 14.1. The van der Waals surface area contributed by atoms with E-state index in [2.05, 4.69) is 11.8 Å². The van der Waals surface area contributed by atoms with E-state index in [-0.39, 0.29) is 10.4 Å². The number of hydrogen-bond donors (Lipinski definition) is 0. The van der Waals surface area contributed by atoms with Crippen LogP contribution in [0.5, 0.6) is 28.7 Å². The predicted octanol–water partition coefficient (Wildman–Crippen LogP) is 5.02. The van der Waals surface area contributed by atoms with Crippen molar-refractivity contribution in [3.05, 3.63) is 41.5 Å². The molecule has 0 aliphatic rings. The molecule has 0 N–H and O–H groups in total. The molecule has 2 rings (SSSR count). The smallest absolute Gasteiger partial charge is 0.321 e. The zero-order valence-electron chi connectivity index (χ0n) is 18.2. The largest absolute Gasteiger partial charge is 0.493 e. The third-order valence-corrected chi connectivity index (χ3v) is 4.65. The van der Waals surface area contributed by atoms with Crippen LogP contribution in [-0.4, -0.2) is 37.8 Å². The summed E-state index contributed by atoms with van der Waals surface area (Å²) in [6.07, 6.45) is 1.75. The SMILES string of the molecule is CCCOc1ccc(C#Cc2cc(OC)c(OCCC)cc2OC(=O)CI)cc1OC. The Labute approximate surface area is 197 Å². The van der Waals surface area contributed by atoms with Gasteiger partial charge < -0.3 is 23.7 Å². The van der Waals surface area contributed by atoms with Crippen LogP contribution in [0.1, 0.15) is 37.8 Å². The molecule has 0 saturated heterocycles. The Morgan fingerprint density at radius 2 is 1.48 bits per heavy atom. The maximum atomic E-state index is 11.9. The molecule has 0 atom stereocenters. The summed E-state index contributed by atoms with van der Waals surface area (Å²) < 4.78 is 28.0. The minimum Gasteiger partial charge on any atom is -0.493 e. The fourth-order valence-electron chi connectivity index (χ4n) is 2.57. The van der Waals surface area contributed by atoms with Gasteiger partial charge in [0.05, 0.1) is 37.4 Å². The molecule has 0 unspecified atom stereocenters. The second-order valence-corrected chi connectivity index (χ2v) is 7.18. The zero-order valence-corrected chi connectivity index (χ0v) is 20.4. The molecular weight excluding hydrogens is 511 g/mol. The Balaban J connectivity index is 2.43. The quantitative estimate of drug-likeness (QED) is 0.139. The first-order valence-corrected chi connectivity index (χ1v) is 11.5. The standard InChI is InChI=1S/C24H27IO6/c1-5-11-29-19-10-8-17(13-21(19)27-3)7-9-18-14-22(28-4)23(30-12-6-2)15-20(18)31-24(26)16-25/h8,10,13-15H,5-6,11-12,16H2,1-4H3. The van der Waals surface area contributed by atoms with Gasteiger partial charge in [-0.3, -0.25) is 4.79 Å². The zero-order chi connectivity index (χ0) is 22.6. The van der Waals surface area contributed by atoms with Gasteiger partial charge in [0.15, 0.2) is 23.0 Å². The summed E-state index contributed by atoms with van der Waals surface area (Å²) in [5.74, 6) is 8.43. The number of carbonyl (C=O) groups is 1. The van der Waals surface area contributed by atoms with Crippen molar-refractivity contribution in [2.45, 2.75) is 26.7 Å². The highest BCUT2D eigenvalue weighted by atomic mass is 127. The van der Waals surface area contributed by atoms with E-state index in [4.69, 9.17) is 23.7 Å². The topological polar surface area (TPSA) is 63.2 Å². The number of carbonyl (C=O) groups excluding carboxylic acids is 1. The number of rotatable bonds is 10. The first-order chi connectivity index (χ1) is 15.1. The molecule has 0 radical (unpaired) electrons. The van der Waals surface area contributed by atoms with Crippen molar-refractivity contribution in [2.24, 2.45) is 0 Å². The Morgan fingerprint density at radius 3 is 2.10 bits per heavy atom. The van der Waals surface area contributed by atoms with Crippen molar-refractivity contribution >= 4 is 28.6 Å². The number of methoxy groups -OCH3 is 2. The lowest BCUT2D eigenvalue weighted by molar-refractivity contribution is -0.131. The second-order valence-electron chi connectivity index (χ2n) is 6.42. The van der Waals surface area contributed by atoms with E-state index in [0.29, 0.717) is 47.5 Å². The van der Waals surface area contributed by atoms with Gasteiger partial charge in [-0.1, -0.05) is 48.3 Å². The number of ether oxygens (including phenoxy) is 5. The van der Waals surface area contributed by atoms with Gasteiger partial charge >= 0.3 is 5.97 Å². The van der Waals surface area contributed by atoms with Gasteiger partial charge in [-0.25, -0.2) is 0 Å². The highest BCUT2D eigenvalue weighted by Crippen LogP contribution is 2.35. The average molecular weight is 538 g/mol. The molecule has 0 aliphatic heterocycles. The third kappa shape index (κ3) is 7.24. The van der Waals surface area contributed by atoms with Gasteiger partial charge in [-0.2, -0.15) is 0 Å². The van der Waals surface area contributed by atoms with E-state index < -0.39 is 0 Å². The van der Waals surface area contributed by atoms with Crippen LogP contribution < -0.4 is 23.7 Å². The van der Waals surface area contributed by atoms with E-state index in [9.17, 15) is 4.79 Å². The Kier molecular flexibility index (Phi) is 10.3. The highest BCUT2D eigenvalue weighted by Gasteiger charge is 2.14. The summed E-state index contributed by atoms with van der Waals surface area (Å²) >= 11 is 1.96. The minimum absolute atomic E-state index is 0.220. The molecule has 0 saturated carbocycles. The van der Waals surface area contributed by atoms with Gasteiger partial charge in [0.1, 0.15) is 5.75 Å². The first kappa shape index (κ1) is 24.7. The molecule has 0 bridgehead atoms. The van der Waals surface area contributed by atoms with Gasteiger partial charge in [-0.05, 0) is 31.0 Å². The number of alkyl halides is 1. The fraction of sp³-hybridized carbons (Fsp3) is 0.375. The molecule has 0 fully saturated rings. The summed E-state index contributed by atoms with van der Waals surface area (Å²) in [7, 11) is 3.15. The summed E-state index contributed by atoms with van der Waals surface area (Å²) in [5, 5.41) is 0. The van der Waals surface area contributed by atoms with Gasteiger partial charge in [0.25, 0.3) is 0 Å². The molecule has 6 nitrogen and oxygen atoms in total. The molecule has 166 valence electrons. The molecule has 0 aromatic heterocycles. The molecule has 31 heavy (non-hydrogen) atoms. The van der Waals surface area contributed by atoms with Crippen molar-refractivity contribution in [1.29, 1.82) is 0 Å². The number of halogens is 1. The summed E-state index contributed by atoms with van der Waals surface area (Å²) in [4.78, 5) is 11.9. The average Bonchev–Trinajstić information content (AvgIpc) is 2.80. The minimum atomic E-state index is -0.366. The van der Waals surface area contributed by atoms with Crippen LogP contribution in [0.3, 0.4) is 0 Å². The lowest BCUT2D eigenvalue weighted by atomic mass is 10.1. The summed E-state index contributed by atoms with van der Waals surface area (Å²) in [6, 6.07) is 8.85. The van der Waals surface area contributed by atoms with Gasteiger partial charge in [0.2, 0.25) is 0 Å². The van der Waals surface area contributed by atoms with E-state index >= 15 is 0 Å². The first-order valence-electron chi connectivity index (χ1n) is 10.0. The monoisotopic (exact) mass is 538 g/mol. The van der Waals surface area contributed by atoms with Crippen LogP contribution in [0.15, 0.2) is 30.3 Å². The third-order valence-electron chi connectivity index (χ3n) is 4.03. The van der Waals surface area contributed by atoms with Crippen molar-refractivity contribution < 1.29 is 28.5 Å². The van der Waals surface area contributed by atoms with E-state index in [1.54, 1.807) is 26.4 Å². The number of hydrogen-bond acceptors (Lipinski definition) is 6. The molecule has 7 heteroatoms. The van der Waals surface area contributed by atoms with Crippen molar-refractivity contribution in [3.63, 3.8) is 0 Å². The van der Waals surface area contributed by atoms with Crippen molar-refractivity contribution in [2.75, 3.05) is 31.9 Å². The maximum Gasteiger partial charge on any atom is 0.321 e. The van der Waals surface area contributed by atoms with E-state index in [0.717, 1.165) is 18.4 Å². The van der Waals surface area contributed by atoms with Gasteiger partial charge in [-0.15, -0.1) is 0 Å².